The zero-order valence-electron chi connectivity index (χ0n) is 24.8. The molecule has 0 bridgehead atoms. The molecule has 0 spiro atoms. The lowest BCUT2D eigenvalue weighted by atomic mass is 9.83. The Morgan fingerprint density at radius 1 is 0.837 bits per heavy atom. The summed E-state index contributed by atoms with van der Waals surface area (Å²) in [6.07, 6.45) is -4.70. The van der Waals surface area contributed by atoms with Gasteiger partial charge in [0.1, 0.15) is 5.76 Å². The summed E-state index contributed by atoms with van der Waals surface area (Å²) in [5.41, 5.74) is 4.62. The van der Waals surface area contributed by atoms with Gasteiger partial charge in [-0.25, -0.2) is 8.42 Å². The van der Waals surface area contributed by atoms with Gasteiger partial charge in [-0.05, 0) is 98.2 Å². The van der Waals surface area contributed by atoms with Gasteiger partial charge in [0.25, 0.3) is 0 Å². The minimum absolute atomic E-state index is 0.118. The van der Waals surface area contributed by atoms with Gasteiger partial charge in [-0.1, -0.05) is 54.6 Å². The lowest BCUT2D eigenvalue weighted by Crippen LogP contribution is -2.31. The quantitative estimate of drug-likeness (QED) is 0.207. The number of carboxylic acids is 1. The molecule has 4 rings (SSSR count). The zero-order chi connectivity index (χ0) is 31.9. The van der Waals surface area contributed by atoms with Crippen LogP contribution in [-0.4, -0.2) is 23.8 Å². The van der Waals surface area contributed by atoms with Gasteiger partial charge < -0.3 is 9.52 Å². The fraction of sp³-hybridized carbons (Fsp3) is 0.303. The van der Waals surface area contributed by atoms with Crippen molar-refractivity contribution in [3.8, 4) is 11.1 Å². The van der Waals surface area contributed by atoms with Crippen LogP contribution in [0.5, 0.6) is 0 Å². The molecule has 0 atom stereocenters. The highest BCUT2D eigenvalue weighted by Crippen LogP contribution is 2.34. The van der Waals surface area contributed by atoms with Crippen molar-refractivity contribution < 1.29 is 35.9 Å². The smallest absolute Gasteiger partial charge is 0.449 e. The molecule has 10 heteroatoms. The molecule has 1 aromatic heterocycles. The van der Waals surface area contributed by atoms with Crippen molar-refractivity contribution in [3.63, 3.8) is 0 Å². The Balaban J connectivity index is 1.72. The van der Waals surface area contributed by atoms with Gasteiger partial charge in [-0.15, -0.1) is 0 Å². The van der Waals surface area contributed by atoms with E-state index in [4.69, 9.17) is 4.42 Å². The first-order valence-corrected chi connectivity index (χ1v) is 15.0. The van der Waals surface area contributed by atoms with Crippen molar-refractivity contribution in [2.24, 2.45) is 0 Å². The maximum atomic E-state index is 14.1. The van der Waals surface area contributed by atoms with E-state index in [1.165, 1.54) is 0 Å². The molecule has 4 aromatic rings. The Labute approximate surface area is 249 Å². The molecule has 0 unspecified atom stereocenters. The molecule has 0 radical (unpaired) electrons. The number of alkyl halides is 3. The second-order valence-corrected chi connectivity index (χ2v) is 13.2. The van der Waals surface area contributed by atoms with E-state index in [2.05, 4.69) is 0 Å². The molecular formula is C33H34F3NO5S. The second-order valence-electron chi connectivity index (χ2n) is 11.3. The third-order valence-corrected chi connectivity index (χ3v) is 10.0. The number of sulfonamides is 1. The lowest BCUT2D eigenvalue weighted by molar-refractivity contribution is -0.153. The average Bonchev–Trinajstić information content (AvgIpc) is 3.41. The third kappa shape index (κ3) is 6.55. The maximum absolute atomic E-state index is 14.1. The summed E-state index contributed by atoms with van der Waals surface area (Å²) >= 11 is 0. The van der Waals surface area contributed by atoms with Crippen LogP contribution in [0.25, 0.3) is 11.1 Å². The van der Waals surface area contributed by atoms with Crippen LogP contribution in [0.4, 0.5) is 13.2 Å². The van der Waals surface area contributed by atoms with Gasteiger partial charge in [0.15, 0.2) is 0 Å². The van der Waals surface area contributed by atoms with Crippen molar-refractivity contribution >= 4 is 16.0 Å². The first kappa shape index (κ1) is 32.0. The molecule has 3 aromatic carbocycles. The van der Waals surface area contributed by atoms with Crippen LogP contribution in [0.3, 0.4) is 0 Å². The number of nitrogens with zero attached hydrogens (tertiary/aromatic N) is 1. The number of aryl methyl sites for hydroxylation is 2. The predicted octanol–water partition coefficient (Wildman–Crippen LogP) is 7.95. The molecule has 0 saturated carbocycles. The Morgan fingerprint density at radius 2 is 1.49 bits per heavy atom. The molecular weight excluding hydrogens is 579 g/mol. The highest BCUT2D eigenvalue weighted by atomic mass is 32.2. The molecule has 1 N–H and O–H groups in total. The number of aliphatic carboxylic acids is 1. The number of hydrogen-bond acceptors (Lipinski definition) is 4. The van der Waals surface area contributed by atoms with E-state index in [0.29, 0.717) is 22.3 Å². The standard InChI is InChI=1S/C33H34F3NO5S/c1-20-16-21(2)30(23(4)22(20)3)43(40,41)37(19-28-14-15-29(42-28)33(34,35)36)18-24-10-12-25(13-11-24)26-8-7-9-27(17-26)32(5,6)31(38)39/h7-17H,18-19H2,1-6H3,(H,38,39). The highest BCUT2D eigenvalue weighted by molar-refractivity contribution is 7.89. The third-order valence-electron chi connectivity index (χ3n) is 7.92. The fourth-order valence-corrected chi connectivity index (χ4v) is 6.90. The molecule has 0 aliphatic carbocycles. The van der Waals surface area contributed by atoms with Crippen LogP contribution in [0.2, 0.25) is 0 Å². The van der Waals surface area contributed by atoms with Crippen LogP contribution >= 0.6 is 0 Å². The number of carboxylic acid groups (broad SMARTS) is 1. The van der Waals surface area contributed by atoms with E-state index >= 15 is 0 Å². The van der Waals surface area contributed by atoms with Crippen molar-refractivity contribution in [3.05, 3.63) is 112 Å². The van der Waals surface area contributed by atoms with Crippen molar-refractivity contribution in [2.75, 3.05) is 0 Å². The fourth-order valence-electron chi connectivity index (χ4n) is 5.02. The van der Waals surface area contributed by atoms with E-state index in [0.717, 1.165) is 38.7 Å². The number of halogens is 3. The van der Waals surface area contributed by atoms with Gasteiger partial charge in [-0.3, -0.25) is 4.79 Å². The molecule has 0 aliphatic heterocycles. The van der Waals surface area contributed by atoms with Crippen LogP contribution in [-0.2, 0) is 39.5 Å². The number of hydrogen-bond donors (Lipinski definition) is 1. The number of benzene rings is 3. The highest BCUT2D eigenvalue weighted by Gasteiger charge is 2.36. The molecule has 0 aliphatic rings. The Morgan fingerprint density at radius 3 is 2.07 bits per heavy atom. The van der Waals surface area contributed by atoms with E-state index in [9.17, 15) is 31.5 Å². The molecule has 228 valence electrons. The van der Waals surface area contributed by atoms with Crippen LogP contribution < -0.4 is 0 Å². The molecule has 43 heavy (non-hydrogen) atoms. The minimum atomic E-state index is -4.70. The largest absolute Gasteiger partial charge is 0.481 e. The van der Waals surface area contributed by atoms with Crippen LogP contribution in [0, 0.1) is 27.7 Å². The molecule has 1 heterocycles. The van der Waals surface area contributed by atoms with Crippen molar-refractivity contribution in [1.82, 2.24) is 4.31 Å². The summed E-state index contributed by atoms with van der Waals surface area (Å²) in [5, 5.41) is 9.62. The first-order valence-electron chi connectivity index (χ1n) is 13.6. The molecule has 0 fully saturated rings. The molecule has 0 amide bonds. The van der Waals surface area contributed by atoms with Gasteiger partial charge in [0, 0.05) is 6.54 Å². The van der Waals surface area contributed by atoms with Gasteiger partial charge >= 0.3 is 12.1 Å². The van der Waals surface area contributed by atoms with Gasteiger partial charge in [0.2, 0.25) is 15.8 Å². The van der Waals surface area contributed by atoms with Crippen molar-refractivity contribution in [1.29, 1.82) is 0 Å². The topological polar surface area (TPSA) is 87.8 Å². The van der Waals surface area contributed by atoms with E-state index in [-0.39, 0.29) is 17.2 Å². The predicted molar refractivity (Wildman–Crippen MR) is 158 cm³/mol. The Hall–Kier alpha value is -3.89. The van der Waals surface area contributed by atoms with Gasteiger partial charge in [0.05, 0.1) is 16.9 Å². The molecule has 6 nitrogen and oxygen atoms in total. The van der Waals surface area contributed by atoms with E-state index in [1.54, 1.807) is 76.2 Å². The normalized spacial score (nSPS) is 12.6. The number of rotatable bonds is 9. The first-order chi connectivity index (χ1) is 19.9. The van der Waals surface area contributed by atoms with Gasteiger partial charge in [-0.2, -0.15) is 17.5 Å². The second kappa shape index (κ2) is 11.7. The zero-order valence-corrected chi connectivity index (χ0v) is 25.7. The summed E-state index contributed by atoms with van der Waals surface area (Å²) in [7, 11) is -4.18. The summed E-state index contributed by atoms with van der Waals surface area (Å²) < 4.78 is 74.1. The molecule has 0 saturated heterocycles. The monoisotopic (exact) mass is 613 g/mol. The Bertz CT molecular complexity index is 1770. The summed E-state index contributed by atoms with van der Waals surface area (Å²) in [5.74, 6) is -2.28. The minimum Gasteiger partial charge on any atom is -0.481 e. The van der Waals surface area contributed by atoms with Crippen LogP contribution in [0.1, 0.15) is 58.7 Å². The number of furan rings is 1. The SMILES string of the molecule is Cc1cc(C)c(S(=O)(=O)N(Cc2ccc(-c3cccc(C(C)(C)C(=O)O)c3)cc2)Cc2ccc(C(F)(F)F)o2)c(C)c1C. The average molecular weight is 614 g/mol. The Kier molecular flexibility index (Phi) is 8.68. The number of carbonyl (C=O) groups is 1. The summed E-state index contributed by atoms with van der Waals surface area (Å²) in [4.78, 5) is 11.9. The lowest BCUT2D eigenvalue weighted by Gasteiger charge is -2.25. The van der Waals surface area contributed by atoms with E-state index < -0.39 is 39.9 Å². The maximum Gasteiger partial charge on any atom is 0.449 e. The van der Waals surface area contributed by atoms with E-state index in [1.807, 2.05) is 19.9 Å². The summed E-state index contributed by atoms with van der Waals surface area (Å²) in [6, 6.07) is 18.0. The van der Waals surface area contributed by atoms with Crippen LogP contribution in [0.15, 0.2) is 76.0 Å². The van der Waals surface area contributed by atoms with Crippen molar-refractivity contribution in [2.45, 2.75) is 71.1 Å². The summed E-state index contributed by atoms with van der Waals surface area (Å²) in [6.45, 7) is 9.88.